The number of rotatable bonds is 7. The Bertz CT molecular complexity index is 1070. The number of methoxy groups -OCH3 is 2. The van der Waals surface area contributed by atoms with Gasteiger partial charge in [-0.2, -0.15) is 0 Å². The van der Waals surface area contributed by atoms with Crippen LogP contribution in [-0.4, -0.2) is 80.2 Å². The largest absolute Gasteiger partial charge is 0.507 e. The van der Waals surface area contributed by atoms with Crippen LogP contribution in [0, 0.1) is 6.92 Å². The second-order valence-corrected chi connectivity index (χ2v) is 7.96. The van der Waals surface area contributed by atoms with Crippen LogP contribution in [0.5, 0.6) is 11.5 Å². The minimum Gasteiger partial charge on any atom is -0.507 e. The van der Waals surface area contributed by atoms with Crippen molar-refractivity contribution in [3.8, 4) is 11.5 Å². The normalized spacial score (nSPS) is 20.9. The topological polar surface area (TPSA) is 102 Å². The summed E-state index contributed by atoms with van der Waals surface area (Å²) < 4.78 is 21.8. The van der Waals surface area contributed by atoms with Gasteiger partial charge in [0.25, 0.3) is 11.7 Å². The van der Waals surface area contributed by atoms with Gasteiger partial charge in [0.15, 0.2) is 11.5 Å². The summed E-state index contributed by atoms with van der Waals surface area (Å²) in [6, 6.07) is 7.49. The van der Waals surface area contributed by atoms with Crippen molar-refractivity contribution in [2.75, 3.05) is 53.6 Å². The fraction of sp³-hybridized carbons (Fsp3) is 0.417. The number of furan rings is 1. The summed E-state index contributed by atoms with van der Waals surface area (Å²) in [5, 5.41) is 11.2. The maximum Gasteiger partial charge on any atom is 0.295 e. The lowest BCUT2D eigenvalue weighted by Crippen LogP contribution is -2.42. The maximum atomic E-state index is 13.1. The van der Waals surface area contributed by atoms with E-state index in [1.165, 1.54) is 19.1 Å². The van der Waals surface area contributed by atoms with Crippen molar-refractivity contribution in [1.82, 2.24) is 9.80 Å². The molecular formula is C24H28N2O7. The van der Waals surface area contributed by atoms with Crippen LogP contribution >= 0.6 is 0 Å². The van der Waals surface area contributed by atoms with E-state index in [1.807, 2.05) is 0 Å². The molecule has 33 heavy (non-hydrogen) atoms. The highest BCUT2D eigenvalue weighted by molar-refractivity contribution is 6.46. The highest BCUT2D eigenvalue weighted by atomic mass is 16.5. The van der Waals surface area contributed by atoms with E-state index in [2.05, 4.69) is 4.90 Å². The fourth-order valence-electron chi connectivity index (χ4n) is 4.22. The van der Waals surface area contributed by atoms with Crippen LogP contribution in [0.15, 0.2) is 40.3 Å². The van der Waals surface area contributed by atoms with Crippen LogP contribution in [0.2, 0.25) is 0 Å². The molecule has 0 saturated carbocycles. The molecule has 176 valence electrons. The first-order chi connectivity index (χ1) is 15.9. The van der Waals surface area contributed by atoms with Gasteiger partial charge >= 0.3 is 0 Å². The molecule has 2 saturated heterocycles. The molecule has 2 aromatic rings. The van der Waals surface area contributed by atoms with Gasteiger partial charge in [-0.05, 0) is 37.3 Å². The molecule has 0 bridgehead atoms. The van der Waals surface area contributed by atoms with Gasteiger partial charge in [-0.3, -0.25) is 14.5 Å². The number of hydrogen-bond donors (Lipinski definition) is 1. The average Bonchev–Trinajstić information content (AvgIpc) is 3.38. The van der Waals surface area contributed by atoms with Gasteiger partial charge in [0.2, 0.25) is 0 Å². The van der Waals surface area contributed by atoms with Crippen molar-refractivity contribution < 1.29 is 33.3 Å². The lowest BCUT2D eigenvalue weighted by atomic mass is 9.99. The molecule has 1 atom stereocenters. The molecule has 1 amide bonds. The van der Waals surface area contributed by atoms with Crippen LogP contribution < -0.4 is 9.47 Å². The van der Waals surface area contributed by atoms with Crippen LogP contribution in [-0.2, 0) is 14.3 Å². The van der Waals surface area contributed by atoms with Gasteiger partial charge in [0.05, 0.1) is 33.0 Å². The van der Waals surface area contributed by atoms with Crippen molar-refractivity contribution in [3.05, 3.63) is 53.0 Å². The van der Waals surface area contributed by atoms with Crippen molar-refractivity contribution in [2.24, 2.45) is 0 Å². The predicted molar refractivity (Wildman–Crippen MR) is 119 cm³/mol. The van der Waals surface area contributed by atoms with E-state index in [0.717, 1.165) is 13.1 Å². The molecule has 0 radical (unpaired) electrons. The van der Waals surface area contributed by atoms with Crippen LogP contribution in [0.4, 0.5) is 0 Å². The summed E-state index contributed by atoms with van der Waals surface area (Å²) in [5.74, 6) is 0.257. The molecule has 9 nitrogen and oxygen atoms in total. The number of ketones is 1. The number of hydrogen-bond acceptors (Lipinski definition) is 8. The number of carbonyl (C=O) groups excluding carboxylic acids is 2. The summed E-state index contributed by atoms with van der Waals surface area (Å²) >= 11 is 0. The third kappa shape index (κ3) is 4.46. The number of morpholine rings is 1. The van der Waals surface area contributed by atoms with Crippen molar-refractivity contribution >= 4 is 17.4 Å². The third-order valence-electron chi connectivity index (χ3n) is 5.99. The lowest BCUT2D eigenvalue weighted by molar-refractivity contribution is -0.140. The number of carbonyl (C=O) groups is 2. The van der Waals surface area contributed by atoms with Gasteiger partial charge in [0, 0.05) is 31.7 Å². The van der Waals surface area contributed by atoms with Gasteiger partial charge in [-0.1, -0.05) is 0 Å². The van der Waals surface area contributed by atoms with Crippen LogP contribution in [0.25, 0.3) is 5.76 Å². The second kappa shape index (κ2) is 9.68. The zero-order chi connectivity index (χ0) is 23.5. The summed E-state index contributed by atoms with van der Waals surface area (Å²) in [7, 11) is 2.99. The summed E-state index contributed by atoms with van der Waals surface area (Å²) in [6.07, 6.45) is 0. The number of aliphatic hydroxyl groups is 1. The molecule has 0 unspecified atom stereocenters. The van der Waals surface area contributed by atoms with E-state index in [1.54, 1.807) is 37.3 Å². The zero-order valence-electron chi connectivity index (χ0n) is 19.0. The SMILES string of the molecule is COc1ccc(/C(O)=C2\C(=O)C(=O)N(CCN3CCOCC3)[C@@H]2c2ccc(C)o2)cc1OC. The van der Waals surface area contributed by atoms with Crippen molar-refractivity contribution in [2.45, 2.75) is 13.0 Å². The molecular weight excluding hydrogens is 428 g/mol. The minimum atomic E-state index is -0.826. The van der Waals surface area contributed by atoms with Crippen LogP contribution in [0.1, 0.15) is 23.1 Å². The number of ether oxygens (including phenoxy) is 3. The third-order valence-corrected chi connectivity index (χ3v) is 5.99. The number of aliphatic hydroxyl groups excluding tert-OH is 1. The predicted octanol–water partition coefficient (Wildman–Crippen LogP) is 2.36. The van der Waals surface area contributed by atoms with Gasteiger partial charge in [-0.15, -0.1) is 0 Å². The summed E-state index contributed by atoms with van der Waals surface area (Å²) in [6.45, 7) is 5.50. The molecule has 9 heteroatoms. The van der Waals surface area contributed by atoms with Crippen LogP contribution in [0.3, 0.4) is 0 Å². The molecule has 1 aromatic heterocycles. The smallest absolute Gasteiger partial charge is 0.295 e. The Labute approximate surface area is 192 Å². The molecule has 2 aliphatic rings. The average molecular weight is 456 g/mol. The first kappa shape index (κ1) is 22.9. The van der Waals surface area contributed by atoms with E-state index in [4.69, 9.17) is 18.6 Å². The summed E-state index contributed by atoms with van der Waals surface area (Å²) in [5.41, 5.74) is 0.329. The maximum absolute atomic E-state index is 13.1. The first-order valence-corrected chi connectivity index (χ1v) is 10.8. The molecule has 4 rings (SSSR count). The van der Waals surface area contributed by atoms with Gasteiger partial charge in [-0.25, -0.2) is 0 Å². The number of benzene rings is 1. The van der Waals surface area contributed by atoms with Gasteiger partial charge < -0.3 is 28.6 Å². The molecule has 3 heterocycles. The molecule has 2 fully saturated rings. The monoisotopic (exact) mass is 456 g/mol. The highest BCUT2D eigenvalue weighted by Gasteiger charge is 2.47. The minimum absolute atomic E-state index is 0.0106. The van der Waals surface area contributed by atoms with E-state index >= 15 is 0 Å². The molecule has 0 spiro atoms. The van der Waals surface area contributed by atoms with Gasteiger partial charge in [0.1, 0.15) is 23.3 Å². The quantitative estimate of drug-likeness (QED) is 0.385. The van der Waals surface area contributed by atoms with E-state index in [0.29, 0.717) is 54.9 Å². The summed E-state index contributed by atoms with van der Waals surface area (Å²) in [4.78, 5) is 29.8. The number of Topliss-reactive ketones (excluding diaryl/α,β-unsaturated/α-hetero) is 1. The molecule has 2 aliphatic heterocycles. The lowest BCUT2D eigenvalue weighted by Gasteiger charge is -2.30. The number of nitrogens with zero attached hydrogens (tertiary/aromatic N) is 2. The van der Waals surface area contributed by atoms with Crippen molar-refractivity contribution in [3.63, 3.8) is 0 Å². The van der Waals surface area contributed by atoms with E-state index in [-0.39, 0.29) is 11.3 Å². The standard InChI is InChI=1S/C24H28N2O7/c1-15-4-6-18(33-15)21-20(22(27)16-5-7-17(30-2)19(14-16)31-3)23(28)24(29)26(21)9-8-25-10-12-32-13-11-25/h4-7,14,21,27H,8-13H2,1-3H3/b22-20+/t21-/m1/s1. The second-order valence-electron chi connectivity index (χ2n) is 7.96. The van der Waals surface area contributed by atoms with E-state index in [9.17, 15) is 14.7 Å². The number of amides is 1. The zero-order valence-corrected chi connectivity index (χ0v) is 19.0. The molecule has 0 aliphatic carbocycles. The Morgan fingerprint density at radius 2 is 1.79 bits per heavy atom. The first-order valence-electron chi connectivity index (χ1n) is 10.8. The Balaban J connectivity index is 1.73. The highest BCUT2D eigenvalue weighted by Crippen LogP contribution is 2.41. The Morgan fingerprint density at radius 1 is 1.06 bits per heavy atom. The Hall–Kier alpha value is -3.30. The van der Waals surface area contributed by atoms with Crippen molar-refractivity contribution in [1.29, 1.82) is 0 Å². The Kier molecular flexibility index (Phi) is 6.71. The molecule has 1 N–H and O–H groups in total. The Morgan fingerprint density at radius 3 is 2.42 bits per heavy atom. The molecule has 1 aromatic carbocycles. The number of aryl methyl sites for hydroxylation is 1. The fourth-order valence-corrected chi connectivity index (χ4v) is 4.22. The van der Waals surface area contributed by atoms with E-state index < -0.39 is 17.7 Å². The number of likely N-dealkylation sites (tertiary alicyclic amines) is 1.